The number of hydrogen-bond donors (Lipinski definition) is 1. The molecule has 0 fully saturated rings. The van der Waals surface area contributed by atoms with Crippen LogP contribution in [0.1, 0.15) is 27.6 Å². The highest BCUT2D eigenvalue weighted by Crippen LogP contribution is 2.22. The van der Waals surface area contributed by atoms with Crippen molar-refractivity contribution >= 4 is 17.6 Å². The lowest BCUT2D eigenvalue weighted by molar-refractivity contribution is -0.125. The number of anilines is 1. The van der Waals surface area contributed by atoms with Crippen LogP contribution in [0.25, 0.3) is 0 Å². The summed E-state index contributed by atoms with van der Waals surface area (Å²) < 4.78 is 18.6. The molecule has 0 spiro atoms. The van der Waals surface area contributed by atoms with Crippen molar-refractivity contribution in [1.29, 1.82) is 0 Å². The first kappa shape index (κ1) is 18.3. The molecule has 136 valence electrons. The highest BCUT2D eigenvalue weighted by Gasteiger charge is 2.25. The fourth-order valence-corrected chi connectivity index (χ4v) is 2.59. The smallest absolute Gasteiger partial charge is 0.339 e. The Kier molecular flexibility index (Phi) is 5.61. The van der Waals surface area contributed by atoms with Gasteiger partial charge in [-0.2, -0.15) is 0 Å². The van der Waals surface area contributed by atoms with Crippen molar-refractivity contribution in [2.45, 2.75) is 13.0 Å². The molecule has 3 aromatic rings. The minimum atomic E-state index is -1.13. The van der Waals surface area contributed by atoms with E-state index in [0.29, 0.717) is 16.8 Å². The molecule has 0 saturated carbocycles. The van der Waals surface area contributed by atoms with Gasteiger partial charge in [-0.3, -0.25) is 4.79 Å². The molecule has 0 unspecified atom stereocenters. The molecular formula is C22H18FNO3. The van der Waals surface area contributed by atoms with Gasteiger partial charge in [0.2, 0.25) is 6.10 Å². The van der Waals surface area contributed by atoms with Crippen molar-refractivity contribution in [2.24, 2.45) is 0 Å². The molecule has 0 bridgehead atoms. The minimum Gasteiger partial charge on any atom is -0.444 e. The first-order valence-electron chi connectivity index (χ1n) is 8.42. The highest BCUT2D eigenvalue weighted by atomic mass is 19.1. The third-order valence-corrected chi connectivity index (χ3v) is 3.93. The summed E-state index contributed by atoms with van der Waals surface area (Å²) in [4.78, 5) is 25.3. The van der Waals surface area contributed by atoms with Crippen LogP contribution in [0, 0.1) is 12.7 Å². The molecule has 0 heterocycles. The summed E-state index contributed by atoms with van der Waals surface area (Å²) in [6.07, 6.45) is -1.13. The summed E-state index contributed by atoms with van der Waals surface area (Å²) in [5, 5.41) is 2.65. The maximum absolute atomic E-state index is 13.1. The van der Waals surface area contributed by atoms with Crippen molar-refractivity contribution in [2.75, 3.05) is 5.32 Å². The van der Waals surface area contributed by atoms with Gasteiger partial charge < -0.3 is 10.1 Å². The van der Waals surface area contributed by atoms with Crippen LogP contribution in [0.2, 0.25) is 0 Å². The number of benzene rings is 3. The van der Waals surface area contributed by atoms with Gasteiger partial charge in [-0.1, -0.05) is 48.0 Å². The quantitative estimate of drug-likeness (QED) is 0.670. The van der Waals surface area contributed by atoms with Crippen molar-refractivity contribution in [1.82, 2.24) is 0 Å². The number of halogens is 1. The number of carbonyl (C=O) groups is 2. The standard InChI is InChI=1S/C22H18FNO3/c1-15-6-5-9-17(14-15)22(26)27-20(16-7-3-2-4-8-16)21(25)24-19-12-10-18(23)11-13-19/h2-14,20H,1H3,(H,24,25)/t20-/m0/s1. The zero-order valence-electron chi connectivity index (χ0n) is 14.7. The van der Waals surface area contributed by atoms with Crippen LogP contribution < -0.4 is 5.32 Å². The predicted molar refractivity (Wildman–Crippen MR) is 101 cm³/mol. The van der Waals surface area contributed by atoms with E-state index in [0.717, 1.165) is 5.56 Å². The van der Waals surface area contributed by atoms with E-state index in [9.17, 15) is 14.0 Å². The van der Waals surface area contributed by atoms with E-state index >= 15 is 0 Å². The number of amides is 1. The molecule has 1 amide bonds. The third kappa shape index (κ3) is 4.79. The van der Waals surface area contributed by atoms with E-state index in [2.05, 4.69) is 5.32 Å². The Hall–Kier alpha value is -3.47. The van der Waals surface area contributed by atoms with Crippen LogP contribution >= 0.6 is 0 Å². The van der Waals surface area contributed by atoms with E-state index < -0.39 is 23.8 Å². The number of ether oxygens (including phenoxy) is 1. The molecule has 3 aromatic carbocycles. The van der Waals surface area contributed by atoms with Crippen LogP contribution in [-0.2, 0) is 9.53 Å². The van der Waals surface area contributed by atoms with Gasteiger partial charge in [0.05, 0.1) is 5.56 Å². The summed E-state index contributed by atoms with van der Waals surface area (Å²) in [6, 6.07) is 21.1. The Morgan fingerprint density at radius 3 is 2.30 bits per heavy atom. The van der Waals surface area contributed by atoms with Crippen molar-refractivity contribution in [3.63, 3.8) is 0 Å². The molecular weight excluding hydrogens is 345 g/mol. The monoisotopic (exact) mass is 363 g/mol. The molecule has 0 aliphatic carbocycles. The molecule has 0 aromatic heterocycles. The summed E-state index contributed by atoms with van der Waals surface area (Å²) in [7, 11) is 0. The fourth-order valence-electron chi connectivity index (χ4n) is 2.59. The molecule has 5 heteroatoms. The molecule has 1 atom stereocenters. The van der Waals surface area contributed by atoms with E-state index in [-0.39, 0.29) is 0 Å². The molecule has 0 saturated heterocycles. The molecule has 0 aliphatic heterocycles. The number of carbonyl (C=O) groups excluding carboxylic acids is 2. The molecule has 27 heavy (non-hydrogen) atoms. The Morgan fingerprint density at radius 2 is 1.63 bits per heavy atom. The molecule has 0 aliphatic rings. The Morgan fingerprint density at radius 1 is 0.926 bits per heavy atom. The second-order valence-electron chi connectivity index (χ2n) is 6.06. The van der Waals surface area contributed by atoms with Gasteiger partial charge >= 0.3 is 5.97 Å². The number of esters is 1. The first-order valence-corrected chi connectivity index (χ1v) is 8.42. The van der Waals surface area contributed by atoms with E-state index in [1.165, 1.54) is 24.3 Å². The van der Waals surface area contributed by atoms with Crippen LogP contribution in [0.4, 0.5) is 10.1 Å². The van der Waals surface area contributed by atoms with Crippen LogP contribution in [0.15, 0.2) is 78.9 Å². The van der Waals surface area contributed by atoms with Gasteiger partial charge in [-0.15, -0.1) is 0 Å². The highest BCUT2D eigenvalue weighted by molar-refractivity contribution is 5.98. The van der Waals surface area contributed by atoms with Gasteiger partial charge in [-0.05, 0) is 43.3 Å². The summed E-state index contributed by atoms with van der Waals surface area (Å²) in [5.74, 6) is -1.52. The normalized spacial score (nSPS) is 11.5. The Bertz CT molecular complexity index is 939. The largest absolute Gasteiger partial charge is 0.444 e. The topological polar surface area (TPSA) is 55.4 Å². The number of nitrogens with one attached hydrogen (secondary N) is 1. The number of hydrogen-bond acceptors (Lipinski definition) is 3. The van der Waals surface area contributed by atoms with Gasteiger partial charge in [0.15, 0.2) is 0 Å². The van der Waals surface area contributed by atoms with E-state index in [1.54, 1.807) is 48.5 Å². The lowest BCUT2D eigenvalue weighted by atomic mass is 10.1. The molecule has 3 rings (SSSR count). The Labute approximate surface area is 156 Å². The SMILES string of the molecule is Cc1cccc(C(=O)O[C@H](C(=O)Nc2ccc(F)cc2)c2ccccc2)c1. The second-order valence-corrected chi connectivity index (χ2v) is 6.06. The minimum absolute atomic E-state index is 0.366. The average Bonchev–Trinajstić information content (AvgIpc) is 2.68. The number of rotatable bonds is 5. The van der Waals surface area contributed by atoms with Crippen molar-refractivity contribution < 1.29 is 18.7 Å². The van der Waals surface area contributed by atoms with Crippen LogP contribution in [0.3, 0.4) is 0 Å². The fraction of sp³-hybridized carbons (Fsp3) is 0.0909. The third-order valence-electron chi connectivity index (χ3n) is 3.93. The zero-order chi connectivity index (χ0) is 19.2. The molecule has 0 radical (unpaired) electrons. The van der Waals surface area contributed by atoms with Crippen molar-refractivity contribution in [3.05, 3.63) is 101 Å². The van der Waals surface area contributed by atoms with Crippen molar-refractivity contribution in [3.8, 4) is 0 Å². The lowest BCUT2D eigenvalue weighted by Gasteiger charge is -2.18. The van der Waals surface area contributed by atoms with E-state index in [4.69, 9.17) is 4.74 Å². The maximum Gasteiger partial charge on any atom is 0.339 e. The maximum atomic E-state index is 13.1. The van der Waals surface area contributed by atoms with Gasteiger partial charge in [-0.25, -0.2) is 9.18 Å². The van der Waals surface area contributed by atoms with Crippen LogP contribution in [-0.4, -0.2) is 11.9 Å². The molecule has 1 N–H and O–H groups in total. The average molecular weight is 363 g/mol. The van der Waals surface area contributed by atoms with Gasteiger partial charge in [0.25, 0.3) is 5.91 Å². The molecule has 4 nitrogen and oxygen atoms in total. The summed E-state index contributed by atoms with van der Waals surface area (Å²) in [6.45, 7) is 1.87. The second kappa shape index (κ2) is 8.27. The van der Waals surface area contributed by atoms with Gasteiger partial charge in [0.1, 0.15) is 5.82 Å². The van der Waals surface area contributed by atoms with Crippen LogP contribution in [0.5, 0.6) is 0 Å². The Balaban J connectivity index is 1.83. The lowest BCUT2D eigenvalue weighted by Crippen LogP contribution is -2.26. The predicted octanol–water partition coefficient (Wildman–Crippen LogP) is 4.67. The zero-order valence-corrected chi connectivity index (χ0v) is 14.7. The number of aryl methyl sites for hydroxylation is 1. The first-order chi connectivity index (χ1) is 13.0. The summed E-state index contributed by atoms with van der Waals surface area (Å²) >= 11 is 0. The van der Waals surface area contributed by atoms with E-state index in [1.807, 2.05) is 13.0 Å². The van der Waals surface area contributed by atoms with Gasteiger partial charge in [0, 0.05) is 11.3 Å². The summed E-state index contributed by atoms with van der Waals surface area (Å²) in [5.41, 5.74) is 2.23.